The minimum absolute atomic E-state index is 0.00954. The first kappa shape index (κ1) is 59.2. The summed E-state index contributed by atoms with van der Waals surface area (Å²) in [5, 5.41) is 31.6. The van der Waals surface area contributed by atoms with Crippen LogP contribution in [-0.2, 0) is 51.3 Å². The number of fused-ring (bicyclic) bond motifs is 2. The average Bonchev–Trinajstić information content (AvgIpc) is 4.36. The smallest absolute Gasteiger partial charge is 0.283 e. The van der Waals surface area contributed by atoms with Gasteiger partial charge >= 0.3 is 0 Å². The van der Waals surface area contributed by atoms with Crippen molar-refractivity contribution in [3.63, 3.8) is 0 Å². The SMILES string of the molecule is CN[C@@H](C)C(=O)N[C@H](C(=O)N1CCC[C@H]1c1nc(C(=O)c2cccc(OCCOCCC(=O)N3CCn4nc(Nc5cc(-c6ccnc(-n7ncc8cc(C(C)(C)C)cc(F)c8c7=O)c6CO)cn(C)c5=O)cc4C3)c2)cs1)C1CCCCC1. The summed E-state index contributed by atoms with van der Waals surface area (Å²) in [5.74, 6) is -0.412. The second-order valence-electron chi connectivity index (χ2n) is 22.8. The Balaban J connectivity index is 0.709. The highest BCUT2D eigenvalue weighted by Crippen LogP contribution is 2.37. The number of carbonyl (C=O) groups is 4. The Bertz CT molecular complexity index is 3730. The molecule has 0 bridgehead atoms. The van der Waals surface area contributed by atoms with E-state index in [1.165, 1.54) is 34.4 Å². The third-order valence-electron chi connectivity index (χ3n) is 16.1. The van der Waals surface area contributed by atoms with Crippen LogP contribution in [0.4, 0.5) is 15.9 Å². The summed E-state index contributed by atoms with van der Waals surface area (Å²) in [6.45, 7) is 9.28. The molecular weight excluding hydrogens is 1100 g/mol. The zero-order chi connectivity index (χ0) is 59.4. The van der Waals surface area contributed by atoms with E-state index in [9.17, 15) is 33.9 Å². The molecule has 4 N–H and O–H groups in total. The Morgan fingerprint density at radius 1 is 0.940 bits per heavy atom. The summed E-state index contributed by atoms with van der Waals surface area (Å²) in [7, 11) is 3.31. The van der Waals surface area contributed by atoms with Crippen molar-refractivity contribution in [1.82, 2.24) is 54.5 Å². The number of pyridine rings is 2. The number of aromatic nitrogens is 7. The zero-order valence-electron chi connectivity index (χ0n) is 48.2. The lowest BCUT2D eigenvalue weighted by Gasteiger charge is -2.35. The van der Waals surface area contributed by atoms with Crippen molar-refractivity contribution < 1.29 is 38.1 Å². The molecule has 3 aliphatic rings. The van der Waals surface area contributed by atoms with E-state index >= 15 is 4.39 Å². The number of benzene rings is 2. The van der Waals surface area contributed by atoms with E-state index in [1.807, 2.05) is 25.7 Å². The van der Waals surface area contributed by atoms with Crippen LogP contribution in [0.15, 0.2) is 88.2 Å². The average molecular weight is 1170 g/mol. The van der Waals surface area contributed by atoms with Gasteiger partial charge in [0, 0.05) is 66.1 Å². The Morgan fingerprint density at radius 3 is 2.52 bits per heavy atom. The molecule has 0 unspecified atom stereocenters. The molecule has 3 amide bonds. The number of hydrogen-bond acceptors (Lipinski definition) is 16. The molecule has 1 aliphatic carbocycles. The van der Waals surface area contributed by atoms with Gasteiger partial charge in [-0.1, -0.05) is 52.2 Å². The van der Waals surface area contributed by atoms with Crippen molar-refractivity contribution in [2.75, 3.05) is 45.3 Å². The number of halogens is 1. The summed E-state index contributed by atoms with van der Waals surface area (Å²) in [6, 6.07) is 13.7. The van der Waals surface area contributed by atoms with Crippen molar-refractivity contribution in [3.8, 4) is 22.7 Å². The highest BCUT2D eigenvalue weighted by atomic mass is 32.1. The molecule has 0 radical (unpaired) electrons. The number of carbonyl (C=O) groups excluding carboxylic acids is 4. The number of ketones is 1. The second kappa shape index (κ2) is 25.5. The molecule has 442 valence electrons. The number of anilines is 2. The number of likely N-dealkylation sites (tertiary alicyclic amines) is 1. The van der Waals surface area contributed by atoms with Crippen molar-refractivity contribution >= 4 is 57.1 Å². The molecule has 2 fully saturated rings. The molecule has 2 aromatic carbocycles. The lowest BCUT2D eigenvalue weighted by molar-refractivity contribution is -0.139. The second-order valence-corrected chi connectivity index (χ2v) is 23.7. The van der Waals surface area contributed by atoms with Crippen LogP contribution in [-0.4, -0.2) is 125 Å². The summed E-state index contributed by atoms with van der Waals surface area (Å²) in [5.41, 5.74) is 2.06. The molecule has 21 nitrogen and oxygen atoms in total. The van der Waals surface area contributed by atoms with Gasteiger partial charge in [-0.2, -0.15) is 14.9 Å². The molecule has 0 spiro atoms. The molecule has 7 aromatic rings. The van der Waals surface area contributed by atoms with Gasteiger partial charge in [0.05, 0.1) is 68.7 Å². The van der Waals surface area contributed by atoms with E-state index < -0.39 is 30.1 Å². The summed E-state index contributed by atoms with van der Waals surface area (Å²) < 4.78 is 31.5. The number of aryl methyl sites for hydroxylation is 1. The maximum absolute atomic E-state index is 15.6. The fourth-order valence-corrected chi connectivity index (χ4v) is 12.3. The van der Waals surface area contributed by atoms with Crippen LogP contribution >= 0.6 is 11.3 Å². The Kier molecular flexibility index (Phi) is 17.9. The van der Waals surface area contributed by atoms with Crippen molar-refractivity contribution in [2.45, 2.75) is 122 Å². The lowest BCUT2D eigenvalue weighted by Crippen LogP contribution is -2.55. The summed E-state index contributed by atoms with van der Waals surface area (Å²) in [4.78, 5) is 94.6. The van der Waals surface area contributed by atoms with Crippen LogP contribution in [0.3, 0.4) is 0 Å². The number of aliphatic hydroxyl groups is 1. The van der Waals surface area contributed by atoms with E-state index in [0.717, 1.165) is 55.3 Å². The highest BCUT2D eigenvalue weighted by molar-refractivity contribution is 7.10. The molecule has 1 saturated heterocycles. The Morgan fingerprint density at radius 2 is 1.75 bits per heavy atom. The van der Waals surface area contributed by atoms with E-state index in [4.69, 9.17) is 14.5 Å². The third kappa shape index (κ3) is 12.7. The monoisotopic (exact) mass is 1170 g/mol. The molecule has 5 aromatic heterocycles. The van der Waals surface area contributed by atoms with Crippen LogP contribution in [0.25, 0.3) is 27.7 Å². The number of amides is 3. The predicted octanol–water partition coefficient (Wildman–Crippen LogP) is 6.87. The van der Waals surface area contributed by atoms with E-state index in [-0.39, 0.29) is 107 Å². The van der Waals surface area contributed by atoms with E-state index in [2.05, 4.69) is 31.1 Å². The van der Waals surface area contributed by atoms with Gasteiger partial charge < -0.3 is 44.9 Å². The standard InChI is InChI=1S/C61H71FN12O9S/c1-36(63-5)56(78)68-53(37-12-8-7-9-13-37)60(81)72-20-11-16-49(72)57-67-48(35-84-57)54(77)38-14-10-15-43(27-38)83-25-24-82-23-18-51(76)71-21-22-73-42(33-71)30-50(69-73)66-47-28-40(32-70(6)58(47)79)44-17-19-64-55(45(44)34-75)74-59(80)52-39(31-65-74)26-41(29-46(52)62)61(2,3)4/h10,14-15,17,19,26-32,35-37,49,53,63,75H,7-9,11-13,16,18,20-25,33-34H2,1-6H3,(H,66,69)(H,68,78)/t36-,49-,53-/m0/s1. The molecule has 1 saturated carbocycles. The van der Waals surface area contributed by atoms with Crippen LogP contribution in [0, 0.1) is 11.7 Å². The number of nitrogens with zero attached hydrogens (tertiary/aromatic N) is 9. The number of ether oxygens (including phenoxy) is 2. The van der Waals surface area contributed by atoms with Gasteiger partial charge in [-0.3, -0.25) is 33.4 Å². The maximum atomic E-state index is 15.6. The normalized spacial score (nSPS) is 16.4. The fourth-order valence-electron chi connectivity index (χ4n) is 11.3. The highest BCUT2D eigenvalue weighted by Gasteiger charge is 2.40. The number of likely N-dealkylation sites (N-methyl/N-ethyl adjacent to an activating group) is 1. The van der Waals surface area contributed by atoms with Crippen LogP contribution < -0.4 is 31.8 Å². The largest absolute Gasteiger partial charge is 0.491 e. The first-order valence-corrected chi connectivity index (χ1v) is 29.5. The van der Waals surface area contributed by atoms with Gasteiger partial charge in [0.1, 0.15) is 40.6 Å². The molecule has 23 heteroatoms. The van der Waals surface area contributed by atoms with Crippen molar-refractivity contribution in [2.24, 2.45) is 13.0 Å². The van der Waals surface area contributed by atoms with Crippen molar-refractivity contribution in [1.29, 1.82) is 0 Å². The quantitative estimate of drug-likeness (QED) is 0.0449. The maximum Gasteiger partial charge on any atom is 0.283 e. The van der Waals surface area contributed by atoms with Crippen molar-refractivity contribution in [3.05, 3.63) is 138 Å². The zero-order valence-corrected chi connectivity index (χ0v) is 49.0. The lowest BCUT2D eigenvalue weighted by atomic mass is 9.83. The number of hydrogen-bond donors (Lipinski definition) is 4. The number of thiazole rings is 1. The first-order chi connectivity index (χ1) is 40.4. The fraction of sp³-hybridized carbons (Fsp3) is 0.443. The van der Waals surface area contributed by atoms with E-state index in [0.29, 0.717) is 63.8 Å². The minimum Gasteiger partial charge on any atom is -0.491 e. The van der Waals surface area contributed by atoms with E-state index in [1.54, 1.807) is 90.7 Å². The van der Waals surface area contributed by atoms with Gasteiger partial charge in [-0.15, -0.1) is 11.3 Å². The van der Waals surface area contributed by atoms with Gasteiger partial charge in [0.2, 0.25) is 23.5 Å². The summed E-state index contributed by atoms with van der Waals surface area (Å²) in [6.07, 6.45) is 11.1. The van der Waals surface area contributed by atoms with Crippen LogP contribution in [0.2, 0.25) is 0 Å². The predicted molar refractivity (Wildman–Crippen MR) is 315 cm³/mol. The van der Waals surface area contributed by atoms with Gasteiger partial charge in [0.15, 0.2) is 11.6 Å². The number of rotatable bonds is 20. The Hall–Kier alpha value is -7.99. The third-order valence-corrected chi connectivity index (χ3v) is 17.1. The first-order valence-electron chi connectivity index (χ1n) is 28.6. The number of nitrogens with one attached hydrogen (secondary N) is 3. The molecule has 2 aliphatic heterocycles. The van der Waals surface area contributed by atoms with Gasteiger partial charge in [-0.05, 0) is 98.5 Å². The van der Waals surface area contributed by atoms with Gasteiger partial charge in [-0.25, -0.2) is 14.4 Å². The minimum atomic E-state index is -0.737. The number of aliphatic hydroxyl groups excluding tert-OH is 1. The van der Waals surface area contributed by atoms with Crippen LogP contribution in [0.5, 0.6) is 5.75 Å². The topological polar surface area (TPSA) is 250 Å². The molecular formula is C61H71FN12O9S. The molecule has 3 atom stereocenters. The van der Waals surface area contributed by atoms with Crippen LogP contribution in [0.1, 0.15) is 123 Å². The summed E-state index contributed by atoms with van der Waals surface area (Å²) >= 11 is 1.36. The van der Waals surface area contributed by atoms with Gasteiger partial charge in [0.25, 0.3) is 11.1 Å². The molecule has 84 heavy (non-hydrogen) atoms. The molecule has 7 heterocycles. The molecule has 10 rings (SSSR count). The Labute approximate surface area is 489 Å².